The molecule has 0 bridgehead atoms. The van der Waals surface area contributed by atoms with E-state index in [1.54, 1.807) is 7.11 Å². The lowest BCUT2D eigenvalue weighted by atomic mass is 10.0. The van der Waals surface area contributed by atoms with Gasteiger partial charge in [0.15, 0.2) is 0 Å². The van der Waals surface area contributed by atoms with Gasteiger partial charge in [0.05, 0.1) is 7.11 Å². The molecule has 3 rings (SSSR count). The molecule has 1 aliphatic heterocycles. The van der Waals surface area contributed by atoms with Crippen molar-refractivity contribution in [2.75, 3.05) is 13.7 Å². The van der Waals surface area contributed by atoms with E-state index in [0.29, 0.717) is 12.0 Å². The van der Waals surface area contributed by atoms with Gasteiger partial charge in [-0.15, -0.1) is 0 Å². The van der Waals surface area contributed by atoms with Crippen LogP contribution in [0.25, 0.3) is 0 Å². The zero-order valence-corrected chi connectivity index (χ0v) is 12.9. The summed E-state index contributed by atoms with van der Waals surface area (Å²) < 4.78 is 11.4. The standard InChI is InChI=1S/C17H25NO3/c1-11-6-13-7-16(20-2)14(8-17(13)21-11)9-18-15-5-3-4-12(15)10-19/h7-8,11-12,15,18-19H,3-6,9-10H2,1-2H3. The molecule has 1 fully saturated rings. The first-order valence-corrected chi connectivity index (χ1v) is 7.92. The zero-order chi connectivity index (χ0) is 14.8. The second kappa shape index (κ2) is 6.24. The Hall–Kier alpha value is -1.26. The number of aliphatic hydroxyl groups is 1. The average molecular weight is 291 g/mol. The molecule has 21 heavy (non-hydrogen) atoms. The van der Waals surface area contributed by atoms with E-state index in [0.717, 1.165) is 42.9 Å². The van der Waals surface area contributed by atoms with Gasteiger partial charge in [-0.05, 0) is 37.8 Å². The zero-order valence-electron chi connectivity index (χ0n) is 12.9. The Bertz CT molecular complexity index is 503. The summed E-state index contributed by atoms with van der Waals surface area (Å²) in [6.07, 6.45) is 4.67. The van der Waals surface area contributed by atoms with E-state index in [1.165, 1.54) is 12.0 Å². The molecule has 1 aliphatic carbocycles. The summed E-state index contributed by atoms with van der Waals surface area (Å²) in [5.41, 5.74) is 2.37. The Balaban J connectivity index is 1.71. The predicted octanol–water partition coefficient (Wildman–Crippen LogP) is 2.27. The Morgan fingerprint density at radius 2 is 2.24 bits per heavy atom. The van der Waals surface area contributed by atoms with Crippen molar-refractivity contribution in [3.8, 4) is 11.5 Å². The minimum absolute atomic E-state index is 0.251. The first kappa shape index (κ1) is 14.7. The van der Waals surface area contributed by atoms with Crippen LogP contribution in [-0.2, 0) is 13.0 Å². The Labute approximate surface area is 126 Å². The topological polar surface area (TPSA) is 50.7 Å². The fourth-order valence-electron chi connectivity index (χ4n) is 3.57. The molecule has 2 N–H and O–H groups in total. The third-order valence-electron chi connectivity index (χ3n) is 4.75. The number of fused-ring (bicyclic) bond motifs is 1. The minimum atomic E-state index is 0.251. The normalized spacial score (nSPS) is 27.5. The predicted molar refractivity (Wildman–Crippen MR) is 81.8 cm³/mol. The molecule has 1 heterocycles. The van der Waals surface area contributed by atoms with E-state index >= 15 is 0 Å². The van der Waals surface area contributed by atoms with Crippen molar-refractivity contribution in [3.05, 3.63) is 23.3 Å². The largest absolute Gasteiger partial charge is 0.496 e. The monoisotopic (exact) mass is 291 g/mol. The summed E-state index contributed by atoms with van der Waals surface area (Å²) in [6.45, 7) is 3.13. The number of hydrogen-bond acceptors (Lipinski definition) is 4. The van der Waals surface area contributed by atoms with Crippen LogP contribution in [-0.4, -0.2) is 31.0 Å². The van der Waals surface area contributed by atoms with Crippen LogP contribution < -0.4 is 14.8 Å². The second-order valence-electron chi connectivity index (χ2n) is 6.27. The summed E-state index contributed by atoms with van der Waals surface area (Å²) >= 11 is 0. The van der Waals surface area contributed by atoms with E-state index in [2.05, 4.69) is 24.4 Å². The maximum absolute atomic E-state index is 9.41. The fraction of sp³-hybridized carbons (Fsp3) is 0.647. The Morgan fingerprint density at radius 3 is 3.00 bits per heavy atom. The third kappa shape index (κ3) is 3.01. The van der Waals surface area contributed by atoms with E-state index in [4.69, 9.17) is 9.47 Å². The molecular weight excluding hydrogens is 266 g/mol. The minimum Gasteiger partial charge on any atom is -0.496 e. The highest BCUT2D eigenvalue weighted by molar-refractivity contribution is 5.48. The second-order valence-corrected chi connectivity index (χ2v) is 6.27. The van der Waals surface area contributed by atoms with Crippen molar-refractivity contribution in [2.24, 2.45) is 5.92 Å². The number of nitrogens with one attached hydrogen (secondary N) is 1. The van der Waals surface area contributed by atoms with E-state index in [-0.39, 0.29) is 12.7 Å². The smallest absolute Gasteiger partial charge is 0.123 e. The third-order valence-corrected chi connectivity index (χ3v) is 4.75. The van der Waals surface area contributed by atoms with Crippen LogP contribution in [0.3, 0.4) is 0 Å². The number of benzene rings is 1. The molecule has 3 atom stereocenters. The highest BCUT2D eigenvalue weighted by Gasteiger charge is 2.27. The van der Waals surface area contributed by atoms with Crippen molar-refractivity contribution >= 4 is 0 Å². The lowest BCUT2D eigenvalue weighted by Crippen LogP contribution is -2.33. The maximum Gasteiger partial charge on any atom is 0.123 e. The lowest BCUT2D eigenvalue weighted by Gasteiger charge is -2.20. The first-order chi connectivity index (χ1) is 10.2. The van der Waals surface area contributed by atoms with E-state index in [9.17, 15) is 5.11 Å². The van der Waals surface area contributed by atoms with Crippen LogP contribution in [0.4, 0.5) is 0 Å². The van der Waals surface area contributed by atoms with E-state index < -0.39 is 0 Å². The molecule has 116 valence electrons. The molecule has 1 aromatic rings. The van der Waals surface area contributed by atoms with Gasteiger partial charge < -0.3 is 19.9 Å². The highest BCUT2D eigenvalue weighted by atomic mass is 16.5. The van der Waals surface area contributed by atoms with Crippen molar-refractivity contribution in [1.82, 2.24) is 5.32 Å². The van der Waals surface area contributed by atoms with Crippen molar-refractivity contribution in [1.29, 1.82) is 0 Å². The van der Waals surface area contributed by atoms with Crippen molar-refractivity contribution in [2.45, 2.75) is 51.3 Å². The van der Waals surface area contributed by atoms with Gasteiger partial charge >= 0.3 is 0 Å². The molecule has 2 aliphatic rings. The van der Waals surface area contributed by atoms with E-state index in [1.807, 2.05) is 0 Å². The summed E-state index contributed by atoms with van der Waals surface area (Å²) in [5.74, 6) is 2.31. The van der Waals surface area contributed by atoms with Crippen LogP contribution >= 0.6 is 0 Å². The van der Waals surface area contributed by atoms with Gasteiger partial charge in [0, 0.05) is 36.7 Å². The molecule has 0 radical (unpaired) electrons. The first-order valence-electron chi connectivity index (χ1n) is 7.92. The molecule has 3 unspecified atom stereocenters. The Kier molecular flexibility index (Phi) is 4.36. The van der Waals surface area contributed by atoms with Crippen LogP contribution in [0.1, 0.15) is 37.3 Å². The van der Waals surface area contributed by atoms with Gasteiger partial charge in [0.1, 0.15) is 17.6 Å². The number of methoxy groups -OCH3 is 1. The maximum atomic E-state index is 9.41. The molecule has 1 aromatic carbocycles. The summed E-state index contributed by atoms with van der Waals surface area (Å²) in [4.78, 5) is 0. The van der Waals surface area contributed by atoms with Crippen LogP contribution in [0, 0.1) is 5.92 Å². The number of ether oxygens (including phenoxy) is 2. The molecular formula is C17H25NO3. The van der Waals surface area contributed by atoms with Crippen molar-refractivity contribution < 1.29 is 14.6 Å². The molecule has 1 saturated carbocycles. The SMILES string of the molecule is COc1cc2c(cc1CNC1CCCC1CO)OC(C)C2. The van der Waals surface area contributed by atoms with Gasteiger partial charge in [0.2, 0.25) is 0 Å². The average Bonchev–Trinajstić information content (AvgIpc) is 3.08. The Morgan fingerprint density at radius 1 is 1.38 bits per heavy atom. The molecule has 0 aromatic heterocycles. The van der Waals surface area contributed by atoms with Gasteiger partial charge in [-0.25, -0.2) is 0 Å². The van der Waals surface area contributed by atoms with Gasteiger partial charge in [0.25, 0.3) is 0 Å². The quantitative estimate of drug-likeness (QED) is 0.874. The number of hydrogen-bond donors (Lipinski definition) is 2. The van der Waals surface area contributed by atoms with Gasteiger partial charge in [-0.3, -0.25) is 0 Å². The molecule has 4 heteroatoms. The molecule has 0 saturated heterocycles. The highest BCUT2D eigenvalue weighted by Crippen LogP contribution is 2.35. The van der Waals surface area contributed by atoms with Crippen molar-refractivity contribution in [3.63, 3.8) is 0 Å². The molecule has 4 nitrogen and oxygen atoms in total. The van der Waals surface area contributed by atoms with Gasteiger partial charge in [-0.1, -0.05) is 6.42 Å². The number of rotatable bonds is 5. The van der Waals surface area contributed by atoms with Gasteiger partial charge in [-0.2, -0.15) is 0 Å². The summed E-state index contributed by atoms with van der Waals surface area (Å²) in [5, 5.41) is 13.0. The summed E-state index contributed by atoms with van der Waals surface area (Å²) in [6, 6.07) is 4.62. The number of aliphatic hydroxyl groups excluding tert-OH is 1. The van der Waals surface area contributed by atoms with Crippen LogP contribution in [0.5, 0.6) is 11.5 Å². The summed E-state index contributed by atoms with van der Waals surface area (Å²) in [7, 11) is 1.72. The molecule has 0 amide bonds. The van der Waals surface area contributed by atoms with Crippen LogP contribution in [0.15, 0.2) is 12.1 Å². The molecule has 0 spiro atoms. The van der Waals surface area contributed by atoms with Crippen LogP contribution in [0.2, 0.25) is 0 Å². The lowest BCUT2D eigenvalue weighted by molar-refractivity contribution is 0.205. The fourth-order valence-corrected chi connectivity index (χ4v) is 3.57.